The van der Waals surface area contributed by atoms with Crippen LogP contribution in [0.15, 0.2) is 42.5 Å². The van der Waals surface area contributed by atoms with Crippen LogP contribution in [-0.2, 0) is 4.74 Å². The average molecular weight is 320 g/mol. The van der Waals surface area contributed by atoms with E-state index in [0.717, 1.165) is 16.8 Å². The molecule has 1 aromatic carbocycles. The van der Waals surface area contributed by atoms with E-state index in [1.165, 1.54) is 4.68 Å². The van der Waals surface area contributed by atoms with E-state index in [1.54, 1.807) is 6.07 Å². The lowest BCUT2D eigenvalue weighted by atomic mass is 10.1. The van der Waals surface area contributed by atoms with Crippen LogP contribution in [0.4, 0.5) is 5.82 Å². The highest BCUT2D eigenvalue weighted by atomic mass is 16.5. The Morgan fingerprint density at radius 3 is 2.83 bits per heavy atom. The lowest BCUT2D eigenvalue weighted by Crippen LogP contribution is -2.16. The van der Waals surface area contributed by atoms with Crippen LogP contribution >= 0.6 is 0 Å². The predicted molar refractivity (Wildman–Crippen MR) is 91.6 cm³/mol. The molecule has 0 saturated heterocycles. The van der Waals surface area contributed by atoms with Crippen LogP contribution < -0.4 is 5.73 Å². The smallest absolute Gasteiger partial charge is 0.280 e. The molecule has 2 aromatic heterocycles. The molecule has 0 fully saturated rings. The number of nitrogen functional groups attached to an aromatic ring is 1. The van der Waals surface area contributed by atoms with Crippen molar-refractivity contribution in [3.8, 4) is 0 Å². The van der Waals surface area contributed by atoms with Crippen LogP contribution in [-0.4, -0.2) is 33.9 Å². The summed E-state index contributed by atoms with van der Waals surface area (Å²) in [5, 5.41) is 4.87. The number of carbonyl (C=O) groups excluding carboxylic acids is 1. The van der Waals surface area contributed by atoms with Crippen molar-refractivity contribution in [3.05, 3.63) is 59.3 Å². The van der Waals surface area contributed by atoms with Gasteiger partial charge in [-0.3, -0.25) is 4.79 Å². The molecule has 0 atom stereocenters. The number of hydrogen-bond acceptors (Lipinski definition) is 5. The second-order valence-corrected chi connectivity index (χ2v) is 5.73. The van der Waals surface area contributed by atoms with Gasteiger partial charge < -0.3 is 10.5 Å². The number of anilines is 1. The topological polar surface area (TPSA) is 83.0 Å². The van der Waals surface area contributed by atoms with Gasteiger partial charge in [0.1, 0.15) is 0 Å². The van der Waals surface area contributed by atoms with Crippen molar-refractivity contribution in [1.29, 1.82) is 0 Å². The molecule has 120 valence electrons. The van der Waals surface area contributed by atoms with Crippen LogP contribution in [0.3, 0.4) is 0 Å². The second kappa shape index (κ2) is 5.58. The minimum Gasteiger partial charge on any atom is -0.382 e. The first-order valence-electron chi connectivity index (χ1n) is 7.68. The summed E-state index contributed by atoms with van der Waals surface area (Å²) in [7, 11) is 0. The van der Waals surface area contributed by atoms with Gasteiger partial charge in [0, 0.05) is 11.1 Å². The maximum Gasteiger partial charge on any atom is 0.280 e. The van der Waals surface area contributed by atoms with Gasteiger partial charge in [0.15, 0.2) is 11.5 Å². The van der Waals surface area contributed by atoms with E-state index in [2.05, 4.69) is 10.1 Å². The molecule has 0 aliphatic carbocycles. The SMILES string of the molecule is Cc1ccccc1C(=O)n1nc(N)c2ccc(C3=CCOC3)nc21. The Bertz CT molecular complexity index is 988. The lowest BCUT2D eigenvalue weighted by molar-refractivity contribution is 0.0949. The van der Waals surface area contributed by atoms with Gasteiger partial charge in [0.2, 0.25) is 0 Å². The molecule has 0 saturated carbocycles. The lowest BCUT2D eigenvalue weighted by Gasteiger charge is -2.06. The third-order valence-corrected chi connectivity index (χ3v) is 4.16. The summed E-state index contributed by atoms with van der Waals surface area (Å²) in [5.74, 6) is 0.0544. The molecule has 0 amide bonds. The fraction of sp³-hybridized carbons (Fsp3) is 0.167. The highest BCUT2D eigenvalue weighted by Crippen LogP contribution is 2.24. The third kappa shape index (κ3) is 2.28. The number of hydrogen-bond donors (Lipinski definition) is 1. The summed E-state index contributed by atoms with van der Waals surface area (Å²) in [6, 6.07) is 11.1. The number of fused-ring (bicyclic) bond motifs is 1. The second-order valence-electron chi connectivity index (χ2n) is 5.73. The van der Waals surface area contributed by atoms with Crippen LogP contribution in [0.2, 0.25) is 0 Å². The number of nitrogens with zero attached hydrogens (tertiary/aromatic N) is 3. The molecule has 6 nitrogen and oxygen atoms in total. The molecule has 4 rings (SSSR count). The molecular formula is C18H16N4O2. The van der Waals surface area contributed by atoms with Crippen LogP contribution in [0, 0.1) is 6.92 Å². The van der Waals surface area contributed by atoms with Gasteiger partial charge in [-0.25, -0.2) is 4.98 Å². The van der Waals surface area contributed by atoms with Crippen molar-refractivity contribution in [1.82, 2.24) is 14.8 Å². The fourth-order valence-electron chi connectivity index (χ4n) is 2.83. The number of aryl methyl sites for hydroxylation is 1. The van der Waals surface area contributed by atoms with Crippen molar-refractivity contribution in [2.75, 3.05) is 18.9 Å². The van der Waals surface area contributed by atoms with Crippen molar-refractivity contribution in [2.45, 2.75) is 6.92 Å². The molecule has 6 heteroatoms. The normalized spacial score (nSPS) is 14.1. The quantitative estimate of drug-likeness (QED) is 0.784. The van der Waals surface area contributed by atoms with E-state index in [1.807, 2.05) is 43.3 Å². The number of nitrogens with two attached hydrogens (primary N) is 1. The van der Waals surface area contributed by atoms with Gasteiger partial charge in [-0.15, -0.1) is 5.10 Å². The molecule has 0 unspecified atom stereocenters. The summed E-state index contributed by atoms with van der Waals surface area (Å²) in [6.45, 7) is 2.99. The van der Waals surface area contributed by atoms with Crippen molar-refractivity contribution in [2.24, 2.45) is 0 Å². The van der Waals surface area contributed by atoms with Gasteiger partial charge in [0.25, 0.3) is 5.91 Å². The summed E-state index contributed by atoms with van der Waals surface area (Å²) in [4.78, 5) is 17.5. The Labute approximate surface area is 138 Å². The van der Waals surface area contributed by atoms with Crippen molar-refractivity contribution < 1.29 is 9.53 Å². The summed E-state index contributed by atoms with van der Waals surface area (Å²) >= 11 is 0. The van der Waals surface area contributed by atoms with Gasteiger partial charge >= 0.3 is 0 Å². The largest absolute Gasteiger partial charge is 0.382 e. The number of carbonyl (C=O) groups is 1. The minimum atomic E-state index is -0.240. The highest BCUT2D eigenvalue weighted by molar-refractivity contribution is 6.03. The molecule has 24 heavy (non-hydrogen) atoms. The zero-order chi connectivity index (χ0) is 16.7. The van der Waals surface area contributed by atoms with Crippen LogP contribution in [0.25, 0.3) is 16.6 Å². The number of rotatable bonds is 2. The molecule has 2 N–H and O–H groups in total. The van der Waals surface area contributed by atoms with Crippen LogP contribution in [0.1, 0.15) is 21.6 Å². The molecule has 1 aliphatic heterocycles. The molecule has 0 bridgehead atoms. The monoisotopic (exact) mass is 320 g/mol. The minimum absolute atomic E-state index is 0.240. The van der Waals surface area contributed by atoms with E-state index in [-0.39, 0.29) is 5.91 Å². The molecule has 1 aliphatic rings. The van der Waals surface area contributed by atoms with E-state index in [9.17, 15) is 4.79 Å². The Morgan fingerprint density at radius 2 is 2.08 bits per heavy atom. The van der Waals surface area contributed by atoms with E-state index >= 15 is 0 Å². The van der Waals surface area contributed by atoms with E-state index < -0.39 is 0 Å². The number of ether oxygens (including phenoxy) is 1. The molecule has 3 heterocycles. The zero-order valence-electron chi connectivity index (χ0n) is 13.2. The van der Waals surface area contributed by atoms with Crippen LogP contribution in [0.5, 0.6) is 0 Å². The maximum absolute atomic E-state index is 12.9. The first-order valence-corrected chi connectivity index (χ1v) is 7.68. The Kier molecular flexibility index (Phi) is 3.39. The van der Waals surface area contributed by atoms with Crippen molar-refractivity contribution in [3.63, 3.8) is 0 Å². The van der Waals surface area contributed by atoms with E-state index in [4.69, 9.17) is 10.5 Å². The first kappa shape index (κ1) is 14.6. The zero-order valence-corrected chi connectivity index (χ0v) is 13.2. The van der Waals surface area contributed by atoms with Gasteiger partial charge in [-0.2, -0.15) is 4.68 Å². The average Bonchev–Trinajstić information content (AvgIpc) is 3.23. The Morgan fingerprint density at radius 1 is 1.25 bits per heavy atom. The Hall–Kier alpha value is -2.99. The van der Waals surface area contributed by atoms with Gasteiger partial charge in [-0.05, 0) is 30.7 Å². The summed E-state index contributed by atoms with van der Waals surface area (Å²) in [5.41, 5.74) is 9.68. The Balaban J connectivity index is 1.87. The molecule has 0 spiro atoms. The maximum atomic E-state index is 12.9. The summed E-state index contributed by atoms with van der Waals surface area (Å²) < 4.78 is 6.63. The first-order chi connectivity index (χ1) is 11.6. The number of benzene rings is 1. The summed E-state index contributed by atoms with van der Waals surface area (Å²) in [6.07, 6.45) is 1.99. The molecular weight excluding hydrogens is 304 g/mol. The molecule has 0 radical (unpaired) electrons. The number of aromatic nitrogens is 3. The third-order valence-electron chi connectivity index (χ3n) is 4.16. The predicted octanol–water partition coefficient (Wildman–Crippen LogP) is 2.42. The van der Waals surface area contributed by atoms with Gasteiger partial charge in [0.05, 0.1) is 24.3 Å². The highest BCUT2D eigenvalue weighted by Gasteiger charge is 2.20. The van der Waals surface area contributed by atoms with Gasteiger partial charge in [-0.1, -0.05) is 24.3 Å². The van der Waals surface area contributed by atoms with E-state index in [0.29, 0.717) is 35.6 Å². The fourth-order valence-corrected chi connectivity index (χ4v) is 2.83. The van der Waals surface area contributed by atoms with Crippen molar-refractivity contribution >= 4 is 28.3 Å². The molecule has 3 aromatic rings. The standard InChI is InChI=1S/C18H16N4O2/c1-11-4-2-3-5-13(11)18(23)22-17-14(16(19)21-22)6-7-15(20-17)12-8-9-24-10-12/h2-8H,9-10H2,1H3,(H2,19,21). The number of pyridine rings is 1.